The minimum absolute atomic E-state index is 0.0150. The molecular formula is C18H22N2OS. The smallest absolute Gasteiger partial charge is 0.242 e. The normalized spacial score (nSPS) is 13.6. The summed E-state index contributed by atoms with van der Waals surface area (Å²) in [4.78, 5) is 16.0. The summed E-state index contributed by atoms with van der Waals surface area (Å²) in [5.41, 5.74) is 0.825. The molecule has 116 valence electrons. The van der Waals surface area contributed by atoms with Gasteiger partial charge in [0.25, 0.3) is 0 Å². The van der Waals surface area contributed by atoms with Gasteiger partial charge in [0.05, 0.1) is 0 Å². The van der Waals surface area contributed by atoms with E-state index in [2.05, 4.69) is 5.32 Å². The average Bonchev–Trinajstić information content (AvgIpc) is 2.48. The Labute approximate surface area is 136 Å². The molecule has 22 heavy (non-hydrogen) atoms. The number of nitrogens with zero attached hydrogens (tertiary/aromatic N) is 1. The van der Waals surface area contributed by atoms with Crippen LogP contribution < -0.4 is 5.32 Å². The number of benzene rings is 2. The Kier molecular flexibility index (Phi) is 5.63. The van der Waals surface area contributed by atoms with Crippen LogP contribution in [0.15, 0.2) is 65.6 Å². The number of thioether (sulfide) groups is 1. The lowest BCUT2D eigenvalue weighted by atomic mass is 10.1. The zero-order valence-corrected chi connectivity index (χ0v) is 14.1. The van der Waals surface area contributed by atoms with Gasteiger partial charge in [0.2, 0.25) is 5.91 Å². The molecule has 1 unspecified atom stereocenters. The number of rotatable bonds is 6. The summed E-state index contributed by atoms with van der Waals surface area (Å²) in [7, 11) is 3.97. The topological polar surface area (TPSA) is 32.3 Å². The maximum absolute atomic E-state index is 12.8. The SMILES string of the molecule is CN(C)CC(C)(Sc1ccccc1)C(=O)Nc1ccccc1. The zero-order valence-electron chi connectivity index (χ0n) is 13.2. The van der Waals surface area contributed by atoms with E-state index in [1.165, 1.54) is 0 Å². The van der Waals surface area contributed by atoms with Gasteiger partial charge in [-0.2, -0.15) is 0 Å². The van der Waals surface area contributed by atoms with E-state index in [0.717, 1.165) is 10.6 Å². The van der Waals surface area contributed by atoms with E-state index < -0.39 is 4.75 Å². The summed E-state index contributed by atoms with van der Waals surface area (Å²) in [6.07, 6.45) is 0. The molecule has 0 bridgehead atoms. The van der Waals surface area contributed by atoms with Crippen molar-refractivity contribution in [1.82, 2.24) is 4.90 Å². The van der Waals surface area contributed by atoms with Gasteiger partial charge in [-0.3, -0.25) is 4.79 Å². The van der Waals surface area contributed by atoms with E-state index in [1.54, 1.807) is 11.8 Å². The third kappa shape index (κ3) is 4.61. The number of amides is 1. The van der Waals surface area contributed by atoms with Crippen molar-refractivity contribution in [2.24, 2.45) is 0 Å². The number of hydrogen-bond acceptors (Lipinski definition) is 3. The Morgan fingerprint density at radius 1 is 1.05 bits per heavy atom. The van der Waals surface area contributed by atoms with Crippen LogP contribution in [0.5, 0.6) is 0 Å². The quantitative estimate of drug-likeness (QED) is 0.825. The summed E-state index contributed by atoms with van der Waals surface area (Å²) >= 11 is 1.59. The molecule has 2 rings (SSSR count). The first-order valence-corrected chi connectivity index (χ1v) is 8.06. The number of carbonyl (C=O) groups is 1. The van der Waals surface area contributed by atoms with Crippen molar-refractivity contribution in [3.63, 3.8) is 0 Å². The monoisotopic (exact) mass is 314 g/mol. The minimum Gasteiger partial charge on any atom is -0.325 e. The summed E-state index contributed by atoms with van der Waals surface area (Å²) in [6, 6.07) is 19.6. The van der Waals surface area contributed by atoms with E-state index in [4.69, 9.17) is 0 Å². The molecule has 4 heteroatoms. The van der Waals surface area contributed by atoms with Gasteiger partial charge in [0, 0.05) is 17.1 Å². The van der Waals surface area contributed by atoms with Crippen LogP contribution >= 0.6 is 11.8 Å². The van der Waals surface area contributed by atoms with Crippen molar-refractivity contribution in [3.05, 3.63) is 60.7 Å². The maximum atomic E-state index is 12.8. The summed E-state index contributed by atoms with van der Waals surface area (Å²) < 4.78 is -0.569. The van der Waals surface area contributed by atoms with E-state index >= 15 is 0 Å². The first-order valence-electron chi connectivity index (χ1n) is 7.25. The Morgan fingerprint density at radius 3 is 2.14 bits per heavy atom. The fourth-order valence-corrected chi connectivity index (χ4v) is 3.57. The third-order valence-electron chi connectivity index (χ3n) is 3.22. The highest BCUT2D eigenvalue weighted by Gasteiger charge is 2.35. The second kappa shape index (κ2) is 7.47. The van der Waals surface area contributed by atoms with Gasteiger partial charge < -0.3 is 10.2 Å². The molecule has 0 saturated carbocycles. The molecule has 0 radical (unpaired) electrons. The van der Waals surface area contributed by atoms with Crippen molar-refractivity contribution in [2.45, 2.75) is 16.6 Å². The summed E-state index contributed by atoms with van der Waals surface area (Å²) in [6.45, 7) is 2.65. The largest absolute Gasteiger partial charge is 0.325 e. The molecule has 0 saturated heterocycles. The fraction of sp³-hybridized carbons (Fsp3) is 0.278. The van der Waals surface area contributed by atoms with Gasteiger partial charge in [0.1, 0.15) is 4.75 Å². The van der Waals surface area contributed by atoms with E-state index in [9.17, 15) is 4.79 Å². The van der Waals surface area contributed by atoms with Crippen LogP contribution in [0.1, 0.15) is 6.92 Å². The van der Waals surface area contributed by atoms with Crippen LogP contribution in [-0.4, -0.2) is 36.2 Å². The molecule has 1 amide bonds. The maximum Gasteiger partial charge on any atom is 0.242 e. The Balaban J connectivity index is 2.18. The molecule has 2 aromatic rings. The van der Waals surface area contributed by atoms with Crippen molar-refractivity contribution in [1.29, 1.82) is 0 Å². The van der Waals surface area contributed by atoms with Crippen molar-refractivity contribution >= 4 is 23.4 Å². The Bertz CT molecular complexity index is 601. The van der Waals surface area contributed by atoms with Crippen LogP contribution in [0.2, 0.25) is 0 Å². The van der Waals surface area contributed by atoms with Crippen molar-refractivity contribution in [3.8, 4) is 0 Å². The molecule has 1 atom stereocenters. The van der Waals surface area contributed by atoms with Gasteiger partial charge in [-0.05, 0) is 45.3 Å². The first-order chi connectivity index (χ1) is 10.5. The molecule has 3 nitrogen and oxygen atoms in total. The lowest BCUT2D eigenvalue weighted by Gasteiger charge is -2.30. The van der Waals surface area contributed by atoms with Gasteiger partial charge in [-0.25, -0.2) is 0 Å². The Morgan fingerprint density at radius 2 is 1.59 bits per heavy atom. The molecule has 0 aliphatic carbocycles. The second-order valence-electron chi connectivity index (χ2n) is 5.70. The summed E-state index contributed by atoms with van der Waals surface area (Å²) in [5.74, 6) is 0.0150. The highest BCUT2D eigenvalue weighted by molar-refractivity contribution is 8.01. The van der Waals surface area contributed by atoms with Crippen LogP contribution in [0.4, 0.5) is 5.69 Å². The number of nitrogens with one attached hydrogen (secondary N) is 1. The molecular weight excluding hydrogens is 292 g/mol. The Hall–Kier alpha value is -1.78. The molecule has 0 fully saturated rings. The lowest BCUT2D eigenvalue weighted by Crippen LogP contribution is -2.45. The minimum atomic E-state index is -0.569. The molecule has 0 aliphatic rings. The molecule has 0 spiro atoms. The number of carbonyl (C=O) groups excluding carboxylic acids is 1. The van der Waals surface area contributed by atoms with Crippen molar-refractivity contribution in [2.75, 3.05) is 26.0 Å². The highest BCUT2D eigenvalue weighted by Crippen LogP contribution is 2.34. The predicted octanol–water partition coefficient (Wildman–Crippen LogP) is 3.74. The zero-order chi connectivity index (χ0) is 16.0. The predicted molar refractivity (Wildman–Crippen MR) is 94.3 cm³/mol. The average molecular weight is 314 g/mol. The lowest BCUT2D eigenvalue weighted by molar-refractivity contribution is -0.118. The van der Waals surface area contributed by atoms with Crippen molar-refractivity contribution < 1.29 is 4.79 Å². The van der Waals surface area contributed by atoms with Gasteiger partial charge >= 0.3 is 0 Å². The molecule has 1 N–H and O–H groups in total. The van der Waals surface area contributed by atoms with E-state index in [1.807, 2.05) is 86.6 Å². The van der Waals surface area contributed by atoms with Gasteiger partial charge in [-0.15, -0.1) is 11.8 Å². The van der Waals surface area contributed by atoms with E-state index in [0.29, 0.717) is 6.54 Å². The summed E-state index contributed by atoms with van der Waals surface area (Å²) in [5, 5.41) is 3.02. The van der Waals surface area contributed by atoms with Crippen LogP contribution in [0.3, 0.4) is 0 Å². The highest BCUT2D eigenvalue weighted by atomic mass is 32.2. The second-order valence-corrected chi connectivity index (χ2v) is 7.28. The number of hydrogen-bond donors (Lipinski definition) is 1. The fourth-order valence-electron chi connectivity index (χ4n) is 2.29. The van der Waals surface area contributed by atoms with Gasteiger partial charge in [0.15, 0.2) is 0 Å². The number of anilines is 1. The molecule has 0 aliphatic heterocycles. The molecule has 0 heterocycles. The van der Waals surface area contributed by atoms with Crippen LogP contribution in [0, 0.1) is 0 Å². The standard InChI is InChI=1S/C18H22N2OS/c1-18(14-20(2)3,22-16-12-8-5-9-13-16)17(21)19-15-10-6-4-7-11-15/h4-13H,14H2,1-3H3,(H,19,21). The van der Waals surface area contributed by atoms with Gasteiger partial charge in [-0.1, -0.05) is 36.4 Å². The first kappa shape index (κ1) is 16.6. The third-order valence-corrected chi connectivity index (χ3v) is 4.49. The van der Waals surface area contributed by atoms with Crippen LogP contribution in [0.25, 0.3) is 0 Å². The van der Waals surface area contributed by atoms with E-state index in [-0.39, 0.29) is 5.91 Å². The molecule has 2 aromatic carbocycles. The molecule has 0 aromatic heterocycles. The number of para-hydroxylation sites is 1. The van der Waals surface area contributed by atoms with Crippen LogP contribution in [-0.2, 0) is 4.79 Å².